The van der Waals surface area contributed by atoms with Gasteiger partial charge in [-0.15, -0.1) is 0 Å². The Hall–Kier alpha value is -2.02. The third kappa shape index (κ3) is 3.41. The molecule has 0 spiro atoms. The fourth-order valence-electron chi connectivity index (χ4n) is 2.38. The second kappa shape index (κ2) is 6.83. The zero-order valence-electron chi connectivity index (χ0n) is 12.5. The van der Waals surface area contributed by atoms with Crippen LogP contribution in [0.15, 0.2) is 30.7 Å². The number of rotatable bonds is 3. The molecule has 1 aliphatic heterocycles. The minimum atomic E-state index is 0.0115. The SMILES string of the molecule is Cc1nccn1-c1cc(CNC(=O)N2CCSCC2)ccn1. The van der Waals surface area contributed by atoms with Crippen molar-refractivity contribution in [3.63, 3.8) is 0 Å². The lowest BCUT2D eigenvalue weighted by Crippen LogP contribution is -2.44. The fourth-order valence-corrected chi connectivity index (χ4v) is 3.28. The van der Waals surface area contributed by atoms with Crippen molar-refractivity contribution >= 4 is 17.8 Å². The normalized spacial score (nSPS) is 14.9. The first-order chi connectivity index (χ1) is 10.7. The summed E-state index contributed by atoms with van der Waals surface area (Å²) in [7, 11) is 0. The van der Waals surface area contributed by atoms with Crippen molar-refractivity contribution in [2.75, 3.05) is 24.6 Å². The van der Waals surface area contributed by atoms with Gasteiger partial charge in [-0.3, -0.25) is 4.57 Å². The quantitative estimate of drug-likeness (QED) is 0.938. The summed E-state index contributed by atoms with van der Waals surface area (Å²) in [6, 6.07) is 3.90. The second-order valence-corrected chi connectivity index (χ2v) is 6.35. The van der Waals surface area contributed by atoms with E-state index in [1.165, 1.54) is 0 Å². The molecule has 3 heterocycles. The molecule has 2 aromatic heterocycles. The van der Waals surface area contributed by atoms with Crippen molar-refractivity contribution in [1.29, 1.82) is 0 Å². The number of amides is 2. The monoisotopic (exact) mass is 317 g/mol. The number of nitrogens with zero attached hydrogens (tertiary/aromatic N) is 4. The topological polar surface area (TPSA) is 63.1 Å². The minimum absolute atomic E-state index is 0.0115. The molecule has 0 radical (unpaired) electrons. The van der Waals surface area contributed by atoms with Gasteiger partial charge in [-0.1, -0.05) is 0 Å². The Morgan fingerprint density at radius 1 is 1.32 bits per heavy atom. The van der Waals surface area contributed by atoms with Gasteiger partial charge in [0.2, 0.25) is 0 Å². The van der Waals surface area contributed by atoms with Crippen molar-refractivity contribution in [1.82, 2.24) is 24.8 Å². The van der Waals surface area contributed by atoms with Crippen LogP contribution in [0.3, 0.4) is 0 Å². The van der Waals surface area contributed by atoms with E-state index >= 15 is 0 Å². The number of hydrogen-bond donors (Lipinski definition) is 1. The molecule has 6 nitrogen and oxygen atoms in total. The third-order valence-electron chi connectivity index (χ3n) is 3.62. The van der Waals surface area contributed by atoms with E-state index in [0.29, 0.717) is 6.54 Å². The number of pyridine rings is 1. The molecule has 116 valence electrons. The van der Waals surface area contributed by atoms with Gasteiger partial charge in [0.15, 0.2) is 0 Å². The maximum Gasteiger partial charge on any atom is 0.317 e. The third-order valence-corrected chi connectivity index (χ3v) is 4.57. The highest BCUT2D eigenvalue weighted by Gasteiger charge is 2.16. The zero-order chi connectivity index (χ0) is 15.4. The number of aryl methyl sites for hydroxylation is 1. The molecule has 1 N–H and O–H groups in total. The maximum atomic E-state index is 12.1. The van der Waals surface area contributed by atoms with Gasteiger partial charge in [0.25, 0.3) is 0 Å². The lowest BCUT2D eigenvalue weighted by Gasteiger charge is -2.26. The first-order valence-corrected chi connectivity index (χ1v) is 8.45. The minimum Gasteiger partial charge on any atom is -0.334 e. The lowest BCUT2D eigenvalue weighted by atomic mass is 10.2. The van der Waals surface area contributed by atoms with Crippen LogP contribution in [-0.2, 0) is 6.54 Å². The number of aromatic nitrogens is 3. The van der Waals surface area contributed by atoms with Crippen LogP contribution in [-0.4, -0.2) is 50.1 Å². The van der Waals surface area contributed by atoms with E-state index in [2.05, 4.69) is 15.3 Å². The van der Waals surface area contributed by atoms with Crippen molar-refractivity contribution in [2.45, 2.75) is 13.5 Å². The van der Waals surface area contributed by atoms with Crippen LogP contribution in [0.25, 0.3) is 5.82 Å². The van der Waals surface area contributed by atoms with Gasteiger partial charge in [-0.05, 0) is 24.6 Å². The van der Waals surface area contributed by atoms with Gasteiger partial charge in [0.05, 0.1) is 0 Å². The summed E-state index contributed by atoms with van der Waals surface area (Å²) in [6.07, 6.45) is 5.39. The molecule has 0 unspecified atom stereocenters. The summed E-state index contributed by atoms with van der Waals surface area (Å²) in [6.45, 7) is 4.09. The number of imidazole rings is 1. The van der Waals surface area contributed by atoms with Crippen LogP contribution < -0.4 is 5.32 Å². The molecular weight excluding hydrogens is 298 g/mol. The van der Waals surface area contributed by atoms with Gasteiger partial charge in [-0.25, -0.2) is 14.8 Å². The lowest BCUT2D eigenvalue weighted by molar-refractivity contribution is 0.202. The average Bonchev–Trinajstić information content (AvgIpc) is 3.00. The van der Waals surface area contributed by atoms with Crippen LogP contribution in [0, 0.1) is 6.92 Å². The van der Waals surface area contributed by atoms with Crippen LogP contribution in [0.5, 0.6) is 0 Å². The second-order valence-electron chi connectivity index (χ2n) is 5.12. The van der Waals surface area contributed by atoms with Gasteiger partial charge in [0, 0.05) is 49.7 Å². The predicted octanol–water partition coefficient (Wildman–Crippen LogP) is 1.83. The van der Waals surface area contributed by atoms with Crippen molar-refractivity contribution in [2.24, 2.45) is 0 Å². The Bertz CT molecular complexity index is 651. The first-order valence-electron chi connectivity index (χ1n) is 7.30. The fraction of sp³-hybridized carbons (Fsp3) is 0.400. The first kappa shape index (κ1) is 14.9. The number of hydrogen-bond acceptors (Lipinski definition) is 4. The van der Waals surface area contributed by atoms with E-state index in [1.54, 1.807) is 12.4 Å². The highest BCUT2D eigenvalue weighted by atomic mass is 32.2. The molecule has 22 heavy (non-hydrogen) atoms. The standard InChI is InChI=1S/C15H19N5OS/c1-12-16-4-5-20(12)14-10-13(2-3-17-14)11-18-15(21)19-6-8-22-9-7-19/h2-5,10H,6-9,11H2,1H3,(H,18,21). The summed E-state index contributed by atoms with van der Waals surface area (Å²) in [5, 5.41) is 2.98. The highest BCUT2D eigenvalue weighted by molar-refractivity contribution is 7.99. The van der Waals surface area contributed by atoms with Crippen LogP contribution in [0.2, 0.25) is 0 Å². The van der Waals surface area contributed by atoms with E-state index in [1.807, 2.05) is 46.5 Å². The summed E-state index contributed by atoms with van der Waals surface area (Å²) in [4.78, 5) is 22.5. The number of urea groups is 1. The number of carbonyl (C=O) groups is 1. The van der Waals surface area contributed by atoms with Gasteiger partial charge in [-0.2, -0.15) is 11.8 Å². The van der Waals surface area contributed by atoms with Crippen LogP contribution in [0.1, 0.15) is 11.4 Å². The highest BCUT2D eigenvalue weighted by Crippen LogP contribution is 2.11. The van der Waals surface area contributed by atoms with E-state index in [9.17, 15) is 4.79 Å². The van der Waals surface area contributed by atoms with E-state index in [-0.39, 0.29) is 6.03 Å². The molecule has 2 amide bonds. The molecular formula is C15H19N5OS. The molecule has 0 aromatic carbocycles. The zero-order valence-corrected chi connectivity index (χ0v) is 13.3. The van der Waals surface area contributed by atoms with Crippen molar-refractivity contribution in [3.8, 4) is 5.82 Å². The van der Waals surface area contributed by atoms with Crippen molar-refractivity contribution in [3.05, 3.63) is 42.1 Å². The van der Waals surface area contributed by atoms with E-state index in [4.69, 9.17) is 0 Å². The molecule has 3 rings (SSSR count). The Kier molecular flexibility index (Phi) is 4.62. The van der Waals surface area contributed by atoms with Gasteiger partial charge >= 0.3 is 6.03 Å². The predicted molar refractivity (Wildman–Crippen MR) is 87.2 cm³/mol. The van der Waals surface area contributed by atoms with Gasteiger partial charge < -0.3 is 10.2 Å². The number of carbonyl (C=O) groups excluding carboxylic acids is 1. The molecule has 0 bridgehead atoms. The summed E-state index contributed by atoms with van der Waals surface area (Å²) in [5.41, 5.74) is 1.03. The van der Waals surface area contributed by atoms with E-state index < -0.39 is 0 Å². The summed E-state index contributed by atoms with van der Waals surface area (Å²) in [5.74, 6) is 3.75. The molecule has 7 heteroatoms. The maximum absolute atomic E-state index is 12.1. The smallest absolute Gasteiger partial charge is 0.317 e. The molecule has 1 fully saturated rings. The number of thioether (sulfide) groups is 1. The Balaban J connectivity index is 1.63. The molecule has 1 saturated heterocycles. The van der Waals surface area contributed by atoms with E-state index in [0.717, 1.165) is 41.8 Å². The average molecular weight is 317 g/mol. The number of nitrogens with one attached hydrogen (secondary N) is 1. The molecule has 0 atom stereocenters. The summed E-state index contributed by atoms with van der Waals surface area (Å²) < 4.78 is 1.92. The van der Waals surface area contributed by atoms with Crippen molar-refractivity contribution < 1.29 is 4.79 Å². The Morgan fingerprint density at radius 3 is 2.86 bits per heavy atom. The van der Waals surface area contributed by atoms with Crippen LogP contribution in [0.4, 0.5) is 4.79 Å². The van der Waals surface area contributed by atoms with Gasteiger partial charge in [0.1, 0.15) is 11.6 Å². The molecule has 0 aliphatic carbocycles. The summed E-state index contributed by atoms with van der Waals surface area (Å²) >= 11 is 1.89. The molecule has 1 aliphatic rings. The molecule has 2 aromatic rings. The Morgan fingerprint density at radius 2 is 2.14 bits per heavy atom. The Labute approximate surface area is 133 Å². The largest absolute Gasteiger partial charge is 0.334 e. The molecule has 0 saturated carbocycles. The van der Waals surface area contributed by atoms with Crippen LogP contribution >= 0.6 is 11.8 Å².